The van der Waals surface area contributed by atoms with E-state index in [2.05, 4.69) is 9.71 Å². The predicted molar refractivity (Wildman–Crippen MR) is 78.1 cm³/mol. The van der Waals surface area contributed by atoms with Crippen LogP contribution in [0.15, 0.2) is 32.3 Å². The molecule has 0 saturated heterocycles. The third-order valence-corrected chi connectivity index (χ3v) is 4.52. The first-order valence-electron chi connectivity index (χ1n) is 6.73. The molecule has 0 saturated carbocycles. The summed E-state index contributed by atoms with van der Waals surface area (Å²) in [6, 6.07) is 4.11. The molecule has 0 aliphatic heterocycles. The number of aromatic amines is 1. The minimum atomic E-state index is -3.69. The molecule has 0 bridgehead atoms. The largest absolute Gasteiger partial charge is 0.481 e. The molecule has 0 unspecified atom stereocenters. The van der Waals surface area contributed by atoms with Gasteiger partial charge in [-0.2, -0.15) is 0 Å². The fourth-order valence-electron chi connectivity index (χ4n) is 1.96. The number of unbranched alkanes of at least 4 members (excludes halogenated alkanes) is 2. The van der Waals surface area contributed by atoms with Crippen LogP contribution in [0.25, 0.3) is 11.1 Å². The first-order chi connectivity index (χ1) is 10.4. The number of hydrogen-bond donors (Lipinski definition) is 3. The summed E-state index contributed by atoms with van der Waals surface area (Å²) in [4.78, 5) is 23.8. The van der Waals surface area contributed by atoms with E-state index in [1.807, 2.05) is 0 Å². The van der Waals surface area contributed by atoms with E-state index in [0.29, 0.717) is 24.8 Å². The maximum absolute atomic E-state index is 12.1. The number of carboxylic acids is 1. The number of aliphatic carboxylic acids is 1. The molecule has 1 heterocycles. The van der Waals surface area contributed by atoms with Crippen LogP contribution < -0.4 is 10.5 Å². The second-order valence-electron chi connectivity index (χ2n) is 4.77. The molecule has 9 heteroatoms. The van der Waals surface area contributed by atoms with Crippen molar-refractivity contribution in [2.75, 3.05) is 6.54 Å². The molecule has 2 rings (SSSR count). The second-order valence-corrected chi connectivity index (χ2v) is 6.54. The number of carbonyl (C=O) groups is 1. The third-order valence-electron chi connectivity index (χ3n) is 3.06. The topological polar surface area (TPSA) is 129 Å². The van der Waals surface area contributed by atoms with Gasteiger partial charge in [-0.15, -0.1) is 0 Å². The number of aromatic nitrogens is 1. The van der Waals surface area contributed by atoms with Crippen LogP contribution in [0, 0.1) is 0 Å². The van der Waals surface area contributed by atoms with Crippen molar-refractivity contribution in [3.63, 3.8) is 0 Å². The molecule has 0 fully saturated rings. The normalized spacial score (nSPS) is 11.8. The van der Waals surface area contributed by atoms with E-state index >= 15 is 0 Å². The van der Waals surface area contributed by atoms with Gasteiger partial charge in [-0.1, -0.05) is 6.42 Å². The molecule has 0 amide bonds. The van der Waals surface area contributed by atoms with Gasteiger partial charge in [-0.25, -0.2) is 17.9 Å². The Hall–Kier alpha value is -2.13. The van der Waals surface area contributed by atoms with Crippen LogP contribution in [0.2, 0.25) is 0 Å². The molecule has 1 aromatic heterocycles. The summed E-state index contributed by atoms with van der Waals surface area (Å²) in [5, 5.41) is 8.49. The molecule has 8 nitrogen and oxygen atoms in total. The van der Waals surface area contributed by atoms with Gasteiger partial charge in [-0.05, 0) is 25.0 Å². The predicted octanol–water partition coefficient (Wildman–Crippen LogP) is 1.04. The number of rotatable bonds is 8. The Kier molecular flexibility index (Phi) is 4.99. The number of fused-ring (bicyclic) bond motifs is 1. The zero-order valence-electron chi connectivity index (χ0n) is 11.7. The Labute approximate surface area is 126 Å². The van der Waals surface area contributed by atoms with Gasteiger partial charge >= 0.3 is 11.7 Å². The van der Waals surface area contributed by atoms with E-state index in [9.17, 15) is 18.0 Å². The molecule has 22 heavy (non-hydrogen) atoms. The van der Waals surface area contributed by atoms with Crippen LogP contribution in [0.3, 0.4) is 0 Å². The highest BCUT2D eigenvalue weighted by Crippen LogP contribution is 2.16. The molecule has 0 atom stereocenters. The fourth-order valence-corrected chi connectivity index (χ4v) is 3.05. The molecular formula is C13H16N2O6S. The number of hydrogen-bond acceptors (Lipinski definition) is 5. The van der Waals surface area contributed by atoms with E-state index in [0.717, 1.165) is 0 Å². The highest BCUT2D eigenvalue weighted by Gasteiger charge is 2.15. The Bertz CT molecular complexity index is 820. The maximum atomic E-state index is 12.1. The van der Waals surface area contributed by atoms with E-state index in [1.165, 1.54) is 18.2 Å². The lowest BCUT2D eigenvalue weighted by Gasteiger charge is -2.06. The Balaban J connectivity index is 1.94. The fraction of sp³-hybridized carbons (Fsp3) is 0.385. The minimum Gasteiger partial charge on any atom is -0.481 e. The summed E-state index contributed by atoms with van der Waals surface area (Å²) in [6.07, 6.45) is 1.77. The Morgan fingerprint density at radius 2 is 2.05 bits per heavy atom. The van der Waals surface area contributed by atoms with Crippen LogP contribution in [-0.4, -0.2) is 31.0 Å². The molecule has 1 aromatic carbocycles. The van der Waals surface area contributed by atoms with Crippen LogP contribution >= 0.6 is 0 Å². The number of sulfonamides is 1. The van der Waals surface area contributed by atoms with Gasteiger partial charge in [-0.3, -0.25) is 9.78 Å². The van der Waals surface area contributed by atoms with Gasteiger partial charge in [0.15, 0.2) is 5.58 Å². The van der Waals surface area contributed by atoms with Crippen molar-refractivity contribution in [2.24, 2.45) is 0 Å². The van der Waals surface area contributed by atoms with Crippen LogP contribution in [0.5, 0.6) is 0 Å². The van der Waals surface area contributed by atoms with Gasteiger partial charge in [0.25, 0.3) is 0 Å². The lowest BCUT2D eigenvalue weighted by atomic mass is 10.2. The Morgan fingerprint density at radius 1 is 1.27 bits per heavy atom. The van der Waals surface area contributed by atoms with Gasteiger partial charge in [0.05, 0.1) is 10.4 Å². The Morgan fingerprint density at radius 3 is 2.77 bits per heavy atom. The molecule has 2 aromatic rings. The molecular weight excluding hydrogens is 312 g/mol. The number of H-pyrrole nitrogens is 1. The standard InChI is InChI=1S/C13H16N2O6S/c16-12(17)4-2-1-3-7-14-22(19,20)9-5-6-10-11(8-9)21-13(18)15-10/h5-6,8,14H,1-4,7H2,(H,15,18)(H,16,17). The van der Waals surface area contributed by atoms with Gasteiger partial charge < -0.3 is 9.52 Å². The number of benzene rings is 1. The smallest absolute Gasteiger partial charge is 0.417 e. The summed E-state index contributed by atoms with van der Waals surface area (Å²) in [7, 11) is -3.69. The monoisotopic (exact) mass is 328 g/mol. The summed E-state index contributed by atoms with van der Waals surface area (Å²) in [5.74, 6) is -1.50. The summed E-state index contributed by atoms with van der Waals surface area (Å²) in [5.41, 5.74) is 0.604. The molecule has 120 valence electrons. The number of oxazole rings is 1. The molecule has 0 spiro atoms. The van der Waals surface area contributed by atoms with Gasteiger partial charge in [0.1, 0.15) is 0 Å². The van der Waals surface area contributed by atoms with Crippen LogP contribution in [0.1, 0.15) is 25.7 Å². The van der Waals surface area contributed by atoms with Crippen LogP contribution in [-0.2, 0) is 14.8 Å². The highest BCUT2D eigenvalue weighted by molar-refractivity contribution is 7.89. The van der Waals surface area contributed by atoms with E-state index < -0.39 is 21.7 Å². The van der Waals surface area contributed by atoms with E-state index in [-0.39, 0.29) is 23.4 Å². The molecule has 3 N–H and O–H groups in total. The average Bonchev–Trinajstić information content (AvgIpc) is 2.81. The van der Waals surface area contributed by atoms with E-state index in [4.69, 9.17) is 9.52 Å². The number of nitrogens with one attached hydrogen (secondary N) is 2. The number of carboxylic acid groups (broad SMARTS) is 1. The van der Waals surface area contributed by atoms with Crippen molar-refractivity contribution >= 4 is 27.1 Å². The first kappa shape index (κ1) is 16.2. The molecule has 0 aliphatic carbocycles. The zero-order valence-corrected chi connectivity index (χ0v) is 12.5. The van der Waals surface area contributed by atoms with Gasteiger partial charge in [0.2, 0.25) is 10.0 Å². The SMILES string of the molecule is O=C(O)CCCCCNS(=O)(=O)c1ccc2[nH]c(=O)oc2c1. The lowest BCUT2D eigenvalue weighted by Crippen LogP contribution is -2.24. The molecule has 0 radical (unpaired) electrons. The quantitative estimate of drug-likeness (QED) is 0.621. The van der Waals surface area contributed by atoms with Crippen molar-refractivity contribution in [1.82, 2.24) is 9.71 Å². The first-order valence-corrected chi connectivity index (χ1v) is 8.21. The average molecular weight is 328 g/mol. The molecule has 0 aliphatic rings. The van der Waals surface area contributed by atoms with E-state index in [1.54, 1.807) is 0 Å². The van der Waals surface area contributed by atoms with Crippen molar-refractivity contribution in [2.45, 2.75) is 30.6 Å². The van der Waals surface area contributed by atoms with Gasteiger partial charge in [0, 0.05) is 19.0 Å². The minimum absolute atomic E-state index is 0.00767. The van der Waals surface area contributed by atoms with Crippen molar-refractivity contribution in [3.05, 3.63) is 28.7 Å². The van der Waals surface area contributed by atoms with Crippen molar-refractivity contribution in [3.8, 4) is 0 Å². The highest BCUT2D eigenvalue weighted by atomic mass is 32.2. The maximum Gasteiger partial charge on any atom is 0.417 e. The third kappa shape index (κ3) is 4.18. The summed E-state index contributed by atoms with van der Waals surface area (Å²) in [6.45, 7) is 0.219. The summed E-state index contributed by atoms with van der Waals surface area (Å²) >= 11 is 0. The lowest BCUT2D eigenvalue weighted by molar-refractivity contribution is -0.137. The van der Waals surface area contributed by atoms with Crippen molar-refractivity contribution < 1.29 is 22.7 Å². The van der Waals surface area contributed by atoms with Crippen LogP contribution in [0.4, 0.5) is 0 Å². The zero-order chi connectivity index (χ0) is 16.2. The second kappa shape index (κ2) is 6.75. The summed E-state index contributed by atoms with van der Waals surface area (Å²) < 4.78 is 31.4. The van der Waals surface area contributed by atoms with Crippen molar-refractivity contribution in [1.29, 1.82) is 0 Å².